The van der Waals surface area contributed by atoms with Crippen LogP contribution in [0.5, 0.6) is 5.75 Å². The minimum atomic E-state index is -0.316. The van der Waals surface area contributed by atoms with Gasteiger partial charge in [0.25, 0.3) is 0 Å². The van der Waals surface area contributed by atoms with Crippen LogP contribution in [-0.2, 0) is 6.61 Å². The first-order chi connectivity index (χ1) is 9.08. The molecule has 0 aromatic heterocycles. The van der Waals surface area contributed by atoms with Gasteiger partial charge >= 0.3 is 0 Å². The van der Waals surface area contributed by atoms with Crippen molar-refractivity contribution in [3.63, 3.8) is 0 Å². The van der Waals surface area contributed by atoms with Crippen LogP contribution in [0, 0.1) is 12.7 Å². The number of rotatable bonds is 4. The van der Waals surface area contributed by atoms with Gasteiger partial charge in [-0.3, -0.25) is 0 Å². The molecule has 100 valence electrons. The second kappa shape index (κ2) is 5.85. The van der Waals surface area contributed by atoms with Gasteiger partial charge < -0.3 is 10.5 Å². The van der Waals surface area contributed by atoms with Crippen molar-refractivity contribution in [1.29, 1.82) is 0 Å². The molecule has 0 amide bonds. The average molecular weight is 259 g/mol. The maximum Gasteiger partial charge on any atom is 0.127 e. The Balaban J connectivity index is 2.19. The van der Waals surface area contributed by atoms with Gasteiger partial charge in [-0.15, -0.1) is 0 Å². The first-order valence-corrected chi connectivity index (χ1v) is 6.30. The van der Waals surface area contributed by atoms with Gasteiger partial charge in [-0.25, -0.2) is 4.39 Å². The molecule has 0 bridgehead atoms. The van der Waals surface area contributed by atoms with Crippen molar-refractivity contribution in [2.75, 3.05) is 0 Å². The predicted octanol–water partition coefficient (Wildman–Crippen LogP) is 3.73. The molecule has 2 N–H and O–H groups in total. The third kappa shape index (κ3) is 3.32. The monoisotopic (exact) mass is 259 g/mol. The number of hydrogen-bond donors (Lipinski definition) is 1. The van der Waals surface area contributed by atoms with Crippen molar-refractivity contribution in [2.45, 2.75) is 26.5 Å². The Morgan fingerprint density at radius 1 is 1.21 bits per heavy atom. The summed E-state index contributed by atoms with van der Waals surface area (Å²) in [6, 6.07) is 12.2. The molecule has 0 heterocycles. The quantitative estimate of drug-likeness (QED) is 0.908. The second-order valence-corrected chi connectivity index (χ2v) is 4.69. The standard InChI is InChI=1S/C16H18FNO/c1-11-5-3-4-6-13(11)10-19-16-9-14(17)7-8-15(16)12(2)18/h3-9,12H,10,18H2,1-2H3. The van der Waals surface area contributed by atoms with Crippen molar-refractivity contribution in [2.24, 2.45) is 5.73 Å². The van der Waals surface area contributed by atoms with Crippen LogP contribution in [0.3, 0.4) is 0 Å². The molecule has 19 heavy (non-hydrogen) atoms. The zero-order valence-electron chi connectivity index (χ0n) is 11.2. The summed E-state index contributed by atoms with van der Waals surface area (Å²) in [5.41, 5.74) is 8.92. The highest BCUT2D eigenvalue weighted by Gasteiger charge is 2.10. The molecule has 2 nitrogen and oxygen atoms in total. The third-order valence-electron chi connectivity index (χ3n) is 3.11. The Morgan fingerprint density at radius 2 is 1.95 bits per heavy atom. The fraction of sp³-hybridized carbons (Fsp3) is 0.250. The minimum Gasteiger partial charge on any atom is -0.488 e. The highest BCUT2D eigenvalue weighted by Crippen LogP contribution is 2.26. The van der Waals surface area contributed by atoms with Gasteiger partial charge in [-0.2, -0.15) is 0 Å². The number of ether oxygens (including phenoxy) is 1. The summed E-state index contributed by atoms with van der Waals surface area (Å²) in [4.78, 5) is 0. The highest BCUT2D eigenvalue weighted by molar-refractivity contribution is 5.36. The first kappa shape index (κ1) is 13.6. The van der Waals surface area contributed by atoms with E-state index in [4.69, 9.17) is 10.5 Å². The van der Waals surface area contributed by atoms with Gasteiger partial charge in [-0.05, 0) is 31.0 Å². The van der Waals surface area contributed by atoms with Crippen LogP contribution in [0.4, 0.5) is 4.39 Å². The van der Waals surface area contributed by atoms with Crippen molar-refractivity contribution in [3.05, 3.63) is 65.0 Å². The first-order valence-electron chi connectivity index (χ1n) is 6.30. The number of benzene rings is 2. The molecule has 2 aromatic rings. The zero-order chi connectivity index (χ0) is 13.8. The van der Waals surface area contributed by atoms with Crippen LogP contribution >= 0.6 is 0 Å². The molecule has 2 aromatic carbocycles. The summed E-state index contributed by atoms with van der Waals surface area (Å²) in [5, 5.41) is 0. The minimum absolute atomic E-state index is 0.188. The fourth-order valence-electron chi connectivity index (χ4n) is 1.94. The van der Waals surface area contributed by atoms with Crippen molar-refractivity contribution < 1.29 is 9.13 Å². The zero-order valence-corrected chi connectivity index (χ0v) is 11.2. The van der Waals surface area contributed by atoms with Crippen molar-refractivity contribution in [3.8, 4) is 5.75 Å². The lowest BCUT2D eigenvalue weighted by atomic mass is 10.1. The molecule has 3 heteroatoms. The van der Waals surface area contributed by atoms with E-state index in [-0.39, 0.29) is 11.9 Å². The highest BCUT2D eigenvalue weighted by atomic mass is 19.1. The molecule has 0 radical (unpaired) electrons. The number of hydrogen-bond acceptors (Lipinski definition) is 2. The van der Waals surface area contributed by atoms with E-state index in [2.05, 4.69) is 0 Å². The Hall–Kier alpha value is -1.87. The molecule has 2 rings (SSSR count). The van der Waals surface area contributed by atoms with E-state index >= 15 is 0 Å². The third-order valence-corrected chi connectivity index (χ3v) is 3.11. The Bertz CT molecular complexity index is 566. The van der Waals surface area contributed by atoms with E-state index in [1.165, 1.54) is 12.1 Å². The second-order valence-electron chi connectivity index (χ2n) is 4.69. The lowest BCUT2D eigenvalue weighted by Crippen LogP contribution is -2.08. The SMILES string of the molecule is Cc1ccccc1COc1cc(F)ccc1C(C)N. The largest absolute Gasteiger partial charge is 0.488 e. The Kier molecular flexibility index (Phi) is 4.17. The smallest absolute Gasteiger partial charge is 0.127 e. The predicted molar refractivity (Wildman–Crippen MR) is 74.5 cm³/mol. The molecule has 0 saturated carbocycles. The van der Waals surface area contributed by atoms with Gasteiger partial charge in [0.2, 0.25) is 0 Å². The molecule has 0 fully saturated rings. The molecular weight excluding hydrogens is 241 g/mol. The lowest BCUT2D eigenvalue weighted by molar-refractivity contribution is 0.299. The number of halogens is 1. The Morgan fingerprint density at radius 3 is 2.63 bits per heavy atom. The molecule has 0 aliphatic heterocycles. The number of nitrogens with two attached hydrogens (primary N) is 1. The van der Waals surface area contributed by atoms with Gasteiger partial charge in [0.05, 0.1) is 0 Å². The van der Waals surface area contributed by atoms with Gasteiger partial charge in [0.1, 0.15) is 18.2 Å². The van der Waals surface area contributed by atoms with Gasteiger partial charge in [0, 0.05) is 17.7 Å². The average Bonchev–Trinajstić information content (AvgIpc) is 2.37. The van der Waals surface area contributed by atoms with Crippen molar-refractivity contribution >= 4 is 0 Å². The molecule has 0 aliphatic rings. The van der Waals surface area contributed by atoms with E-state index in [1.807, 2.05) is 38.1 Å². The molecule has 1 unspecified atom stereocenters. The van der Waals surface area contributed by atoms with Crippen LogP contribution in [0.15, 0.2) is 42.5 Å². The molecule has 0 spiro atoms. The molecule has 0 saturated heterocycles. The number of aryl methyl sites for hydroxylation is 1. The summed E-state index contributed by atoms with van der Waals surface area (Å²) in [6.45, 7) is 4.29. The Labute approximate surface area is 113 Å². The van der Waals surface area contributed by atoms with Gasteiger partial charge in [-0.1, -0.05) is 30.3 Å². The van der Waals surface area contributed by atoms with Crippen molar-refractivity contribution in [1.82, 2.24) is 0 Å². The maximum absolute atomic E-state index is 13.3. The summed E-state index contributed by atoms with van der Waals surface area (Å²) in [6.07, 6.45) is 0. The normalized spacial score (nSPS) is 12.2. The van der Waals surface area contributed by atoms with Gasteiger partial charge in [0.15, 0.2) is 0 Å². The molecule has 0 aliphatic carbocycles. The van der Waals surface area contributed by atoms with Crippen LogP contribution in [0.25, 0.3) is 0 Å². The summed E-state index contributed by atoms with van der Waals surface area (Å²) >= 11 is 0. The van der Waals surface area contributed by atoms with E-state index in [1.54, 1.807) is 6.07 Å². The van der Waals surface area contributed by atoms with E-state index in [0.717, 1.165) is 16.7 Å². The fourth-order valence-corrected chi connectivity index (χ4v) is 1.94. The maximum atomic E-state index is 13.3. The molecular formula is C16H18FNO. The summed E-state index contributed by atoms with van der Waals surface area (Å²) in [5.74, 6) is 0.197. The van der Waals surface area contributed by atoms with E-state index in [9.17, 15) is 4.39 Å². The molecule has 1 atom stereocenters. The topological polar surface area (TPSA) is 35.2 Å². The van der Waals surface area contributed by atoms with Crippen LogP contribution in [0.2, 0.25) is 0 Å². The van der Waals surface area contributed by atoms with E-state index < -0.39 is 0 Å². The lowest BCUT2D eigenvalue weighted by Gasteiger charge is -2.15. The van der Waals surface area contributed by atoms with Crippen LogP contribution < -0.4 is 10.5 Å². The van der Waals surface area contributed by atoms with Crippen LogP contribution in [-0.4, -0.2) is 0 Å². The summed E-state index contributed by atoms with van der Waals surface area (Å²) < 4.78 is 19.0. The summed E-state index contributed by atoms with van der Waals surface area (Å²) in [7, 11) is 0. The van der Waals surface area contributed by atoms with E-state index in [0.29, 0.717) is 12.4 Å². The van der Waals surface area contributed by atoms with Crippen LogP contribution in [0.1, 0.15) is 29.7 Å².